The van der Waals surface area contributed by atoms with E-state index in [-0.39, 0.29) is 42.4 Å². The quantitative estimate of drug-likeness (QED) is 0.162. The van der Waals surface area contributed by atoms with Crippen LogP contribution in [-0.4, -0.2) is 54.5 Å². The van der Waals surface area contributed by atoms with Crippen LogP contribution in [0.15, 0.2) is 60.2 Å². The Kier molecular flexibility index (Phi) is 8.26. The highest BCUT2D eigenvalue weighted by atomic mass is 16.7. The third kappa shape index (κ3) is 6.47. The fourth-order valence-electron chi connectivity index (χ4n) is 5.75. The molecule has 1 aliphatic carbocycles. The van der Waals surface area contributed by atoms with Crippen molar-refractivity contribution >= 4 is 18.0 Å². The molecule has 4 heterocycles. The van der Waals surface area contributed by atoms with Gasteiger partial charge in [0, 0.05) is 30.7 Å². The van der Waals surface area contributed by atoms with Crippen molar-refractivity contribution in [3.63, 3.8) is 0 Å². The molecule has 0 saturated carbocycles. The average molecular weight is 534 g/mol. The zero-order chi connectivity index (χ0) is 27.4. The number of benzene rings is 1. The number of likely N-dealkylation sites (tertiary alicyclic amines) is 1. The summed E-state index contributed by atoms with van der Waals surface area (Å²) in [5.74, 6) is 1.55. The number of esters is 1. The summed E-state index contributed by atoms with van der Waals surface area (Å²) in [6.07, 6.45) is 17.0. The van der Waals surface area contributed by atoms with Crippen LogP contribution in [0.25, 0.3) is 6.08 Å². The highest BCUT2D eigenvalue weighted by Crippen LogP contribution is 2.49. The van der Waals surface area contributed by atoms with Crippen molar-refractivity contribution in [2.75, 3.05) is 19.9 Å². The SMILES string of the molecule is C=C1C(=O)OC2C1CCC(C)=CCCC1(C)OC21.O=C(C=CC=Cc1ccc2c(c1)OCO2)N1CCCCC1. The first-order valence-electron chi connectivity index (χ1n) is 14.1. The molecular formula is C32H39NO6. The number of epoxide rings is 1. The first-order valence-corrected chi connectivity index (χ1v) is 14.1. The highest BCUT2D eigenvalue weighted by Gasteiger charge is 2.61. The molecule has 0 radical (unpaired) electrons. The molecule has 3 saturated heterocycles. The Balaban J connectivity index is 0.000000160. The predicted molar refractivity (Wildman–Crippen MR) is 149 cm³/mol. The van der Waals surface area contributed by atoms with Crippen molar-refractivity contribution in [3.05, 3.63) is 65.8 Å². The number of allylic oxidation sites excluding steroid dienone is 4. The average Bonchev–Trinajstić information content (AvgIpc) is 3.25. The van der Waals surface area contributed by atoms with Crippen LogP contribution in [-0.2, 0) is 19.1 Å². The predicted octanol–water partition coefficient (Wildman–Crippen LogP) is 5.76. The Hall–Kier alpha value is -3.32. The summed E-state index contributed by atoms with van der Waals surface area (Å²) in [7, 11) is 0. The maximum atomic E-state index is 11.9. The van der Waals surface area contributed by atoms with Crippen LogP contribution in [0, 0.1) is 5.92 Å². The monoisotopic (exact) mass is 533 g/mol. The number of hydrogen-bond acceptors (Lipinski definition) is 6. The molecular weight excluding hydrogens is 494 g/mol. The maximum absolute atomic E-state index is 11.9. The number of ether oxygens (including phenoxy) is 4. The van der Waals surface area contributed by atoms with E-state index in [0.29, 0.717) is 5.57 Å². The van der Waals surface area contributed by atoms with E-state index in [4.69, 9.17) is 18.9 Å². The summed E-state index contributed by atoms with van der Waals surface area (Å²) in [6, 6.07) is 5.79. The first-order chi connectivity index (χ1) is 18.8. The lowest BCUT2D eigenvalue weighted by molar-refractivity contribution is -0.140. The fourth-order valence-corrected chi connectivity index (χ4v) is 5.75. The second kappa shape index (κ2) is 11.8. The van der Waals surface area contributed by atoms with E-state index < -0.39 is 0 Å². The summed E-state index contributed by atoms with van der Waals surface area (Å²) in [5.41, 5.74) is 2.94. The Morgan fingerprint density at radius 1 is 1.13 bits per heavy atom. The molecule has 4 aliphatic heterocycles. The minimum atomic E-state index is -0.233. The number of carbonyl (C=O) groups is 2. The van der Waals surface area contributed by atoms with Crippen molar-refractivity contribution in [3.8, 4) is 11.5 Å². The molecule has 1 amide bonds. The molecule has 4 unspecified atom stereocenters. The minimum Gasteiger partial charge on any atom is -0.455 e. The maximum Gasteiger partial charge on any atom is 0.334 e. The van der Waals surface area contributed by atoms with Gasteiger partial charge in [0.15, 0.2) is 11.5 Å². The number of rotatable bonds is 3. The van der Waals surface area contributed by atoms with Gasteiger partial charge in [-0.1, -0.05) is 42.5 Å². The van der Waals surface area contributed by atoms with E-state index in [0.717, 1.165) is 68.7 Å². The van der Waals surface area contributed by atoms with Crippen molar-refractivity contribution in [2.45, 2.75) is 76.6 Å². The molecule has 0 N–H and O–H groups in total. The Morgan fingerprint density at radius 3 is 2.74 bits per heavy atom. The molecule has 0 spiro atoms. The van der Waals surface area contributed by atoms with E-state index in [1.807, 2.05) is 35.3 Å². The smallest absolute Gasteiger partial charge is 0.334 e. The lowest BCUT2D eigenvalue weighted by atomic mass is 9.84. The van der Waals surface area contributed by atoms with Gasteiger partial charge in [0.05, 0.1) is 5.60 Å². The molecule has 0 bridgehead atoms. The summed E-state index contributed by atoms with van der Waals surface area (Å²) in [5, 5.41) is 0. The number of carbonyl (C=O) groups excluding carboxylic acids is 2. The molecule has 1 aromatic carbocycles. The summed E-state index contributed by atoms with van der Waals surface area (Å²) >= 11 is 0. The Labute approximate surface area is 231 Å². The number of hydrogen-bond donors (Lipinski definition) is 0. The second-order valence-corrected chi connectivity index (χ2v) is 11.2. The lowest BCUT2D eigenvalue weighted by Crippen LogP contribution is -2.34. The Morgan fingerprint density at radius 2 is 1.92 bits per heavy atom. The van der Waals surface area contributed by atoms with Crippen molar-refractivity contribution < 1.29 is 28.5 Å². The number of fused-ring (bicyclic) bond motifs is 4. The molecule has 5 aliphatic rings. The standard InChI is InChI=1S/C17H19NO3.C15H20O3/c19-17(18-10-4-1-5-11-18)7-3-2-6-14-8-9-15-16(12-14)21-13-20-15;1-9-5-4-8-15(3)13(18-15)12-11(7-6-9)10(2)14(16)17-12/h2-3,6-9,12H,1,4-5,10-11,13H2;5,11-13H,2,4,6-8H2,1,3H3. The van der Waals surface area contributed by atoms with Crippen LogP contribution >= 0.6 is 0 Å². The molecule has 208 valence electrons. The number of amides is 1. The van der Waals surface area contributed by atoms with Crippen molar-refractivity contribution in [2.24, 2.45) is 5.92 Å². The molecule has 6 rings (SSSR count). The third-order valence-corrected chi connectivity index (χ3v) is 8.27. The van der Waals surface area contributed by atoms with Gasteiger partial charge in [0.2, 0.25) is 12.7 Å². The second-order valence-electron chi connectivity index (χ2n) is 11.2. The van der Waals surface area contributed by atoms with Gasteiger partial charge < -0.3 is 23.8 Å². The number of piperidine rings is 1. The van der Waals surface area contributed by atoms with Crippen LogP contribution in [0.3, 0.4) is 0 Å². The zero-order valence-corrected chi connectivity index (χ0v) is 23.0. The summed E-state index contributed by atoms with van der Waals surface area (Å²) in [6.45, 7) is 10.2. The fraction of sp³-hybridized carbons (Fsp3) is 0.500. The van der Waals surface area contributed by atoms with Gasteiger partial charge in [-0.05, 0) is 76.5 Å². The van der Waals surface area contributed by atoms with E-state index in [2.05, 4.69) is 26.5 Å². The van der Waals surface area contributed by atoms with Gasteiger partial charge in [-0.25, -0.2) is 4.79 Å². The molecule has 7 heteroatoms. The summed E-state index contributed by atoms with van der Waals surface area (Å²) < 4.78 is 21.9. The van der Waals surface area contributed by atoms with E-state index in [9.17, 15) is 9.59 Å². The van der Waals surface area contributed by atoms with Gasteiger partial charge in [0.25, 0.3) is 0 Å². The van der Waals surface area contributed by atoms with Gasteiger partial charge in [0.1, 0.15) is 12.2 Å². The molecule has 1 aromatic rings. The van der Waals surface area contributed by atoms with Crippen molar-refractivity contribution in [1.82, 2.24) is 4.90 Å². The van der Waals surface area contributed by atoms with Crippen molar-refractivity contribution in [1.29, 1.82) is 0 Å². The highest BCUT2D eigenvalue weighted by molar-refractivity contribution is 5.91. The molecule has 0 aromatic heterocycles. The molecule has 4 atom stereocenters. The van der Waals surface area contributed by atoms with Crippen LogP contribution < -0.4 is 9.47 Å². The third-order valence-electron chi connectivity index (χ3n) is 8.27. The normalized spacial score (nSPS) is 29.7. The number of nitrogens with zero attached hydrogens (tertiary/aromatic N) is 1. The van der Waals surface area contributed by atoms with Crippen LogP contribution in [0.4, 0.5) is 0 Å². The van der Waals surface area contributed by atoms with Gasteiger partial charge in [-0.3, -0.25) is 4.79 Å². The van der Waals surface area contributed by atoms with Crippen LogP contribution in [0.1, 0.15) is 64.4 Å². The topological polar surface area (TPSA) is 77.6 Å². The molecule has 7 nitrogen and oxygen atoms in total. The largest absolute Gasteiger partial charge is 0.455 e. The zero-order valence-electron chi connectivity index (χ0n) is 23.0. The van der Waals surface area contributed by atoms with E-state index in [1.165, 1.54) is 12.0 Å². The molecule has 3 fully saturated rings. The summed E-state index contributed by atoms with van der Waals surface area (Å²) in [4.78, 5) is 25.5. The lowest BCUT2D eigenvalue weighted by Gasteiger charge is -2.25. The van der Waals surface area contributed by atoms with Gasteiger partial charge >= 0.3 is 5.97 Å². The Bertz CT molecular complexity index is 1190. The minimum absolute atomic E-state index is 0.0671. The first kappa shape index (κ1) is 27.3. The molecule has 39 heavy (non-hydrogen) atoms. The van der Waals surface area contributed by atoms with E-state index in [1.54, 1.807) is 12.2 Å². The van der Waals surface area contributed by atoms with Gasteiger partial charge in [-0.15, -0.1) is 0 Å². The van der Waals surface area contributed by atoms with E-state index >= 15 is 0 Å². The van der Waals surface area contributed by atoms with Gasteiger partial charge in [-0.2, -0.15) is 0 Å². The van der Waals surface area contributed by atoms with Crippen LogP contribution in [0.2, 0.25) is 0 Å². The van der Waals surface area contributed by atoms with Crippen LogP contribution in [0.5, 0.6) is 11.5 Å².